The Morgan fingerprint density at radius 1 is 0.341 bits per heavy atom. The molecule has 0 saturated heterocycles. The Bertz CT molecular complexity index is 2100. The lowest BCUT2D eigenvalue weighted by molar-refractivity contribution is 0.893. The quantitative estimate of drug-likeness (QED) is 0.211. The maximum absolute atomic E-state index is 15.2. The van der Waals surface area contributed by atoms with Crippen molar-refractivity contribution >= 4 is 11.1 Å². The standard InChI is InChI=1S/C41H30N2O/c44-41-39(37(31-19-7-1-8-20-31)32-21-9-2-10-22-32)42(35-27-15-5-16-28-35)40(43(41)36-29-17-6-18-30-36)38(33-23-11-3-12-24-33)34-25-13-4-14-26-34/h1-30H. The van der Waals surface area contributed by atoms with Crippen molar-refractivity contribution in [2.75, 3.05) is 0 Å². The van der Waals surface area contributed by atoms with Gasteiger partial charge in [-0.15, -0.1) is 0 Å². The first kappa shape index (κ1) is 26.9. The Labute approximate surface area is 256 Å². The highest BCUT2D eigenvalue weighted by molar-refractivity contribution is 5.81. The van der Waals surface area contributed by atoms with Crippen molar-refractivity contribution in [3.05, 3.63) is 225 Å². The molecule has 0 saturated carbocycles. The van der Waals surface area contributed by atoms with Crippen molar-refractivity contribution in [2.45, 2.75) is 0 Å². The number of rotatable bonds is 6. The van der Waals surface area contributed by atoms with Gasteiger partial charge in [-0.3, -0.25) is 13.9 Å². The fourth-order valence-electron chi connectivity index (χ4n) is 5.88. The maximum atomic E-state index is 15.2. The van der Waals surface area contributed by atoms with Crippen LogP contribution in [0.25, 0.3) is 22.5 Å². The molecule has 7 rings (SSSR count). The van der Waals surface area contributed by atoms with Gasteiger partial charge in [-0.25, -0.2) is 0 Å². The summed E-state index contributed by atoms with van der Waals surface area (Å²) in [6, 6.07) is 61.3. The van der Waals surface area contributed by atoms with E-state index in [0.29, 0.717) is 5.35 Å². The second kappa shape index (κ2) is 12.1. The van der Waals surface area contributed by atoms with Crippen LogP contribution in [0.4, 0.5) is 0 Å². The van der Waals surface area contributed by atoms with Crippen molar-refractivity contribution < 1.29 is 0 Å². The van der Waals surface area contributed by atoms with Gasteiger partial charge in [0.25, 0.3) is 5.56 Å². The van der Waals surface area contributed by atoms with Crippen LogP contribution in [0.1, 0.15) is 22.3 Å². The normalized spacial score (nSPS) is 10.8. The molecule has 0 bridgehead atoms. The molecule has 0 fully saturated rings. The van der Waals surface area contributed by atoms with E-state index >= 15 is 4.79 Å². The molecule has 1 heterocycles. The van der Waals surface area contributed by atoms with Gasteiger partial charge >= 0.3 is 0 Å². The third kappa shape index (κ3) is 5.01. The molecule has 0 radical (unpaired) electrons. The highest BCUT2D eigenvalue weighted by Gasteiger charge is 2.22. The maximum Gasteiger partial charge on any atom is 0.281 e. The summed E-state index contributed by atoms with van der Waals surface area (Å²) in [5.74, 6) is 0. The van der Waals surface area contributed by atoms with Crippen molar-refractivity contribution in [3.8, 4) is 11.4 Å². The molecule has 6 aromatic carbocycles. The summed E-state index contributed by atoms with van der Waals surface area (Å²) in [6.45, 7) is 0. The SMILES string of the molecule is O=c1c(=C(c2ccccc2)c2ccccc2)n(-c2ccccc2)c(=C(c2ccccc2)c2ccccc2)n1-c1ccccc1. The molecule has 0 unspecified atom stereocenters. The van der Waals surface area contributed by atoms with Crippen LogP contribution in [0.3, 0.4) is 0 Å². The lowest BCUT2D eigenvalue weighted by Crippen LogP contribution is -2.34. The van der Waals surface area contributed by atoms with Gasteiger partial charge in [-0.2, -0.15) is 0 Å². The zero-order valence-corrected chi connectivity index (χ0v) is 24.1. The lowest BCUT2D eigenvalue weighted by atomic mass is 9.97. The minimum Gasteiger partial charge on any atom is -0.290 e. The van der Waals surface area contributed by atoms with Crippen LogP contribution in [0.5, 0.6) is 0 Å². The number of nitrogens with zero attached hydrogens (tertiary/aromatic N) is 2. The van der Waals surface area contributed by atoms with Gasteiger partial charge in [0.15, 0.2) is 0 Å². The Morgan fingerprint density at radius 2 is 0.636 bits per heavy atom. The second-order valence-corrected chi connectivity index (χ2v) is 10.5. The van der Waals surface area contributed by atoms with E-state index in [2.05, 4.69) is 65.2 Å². The summed E-state index contributed by atoms with van der Waals surface area (Å²) in [5, 5.41) is 0.594. The van der Waals surface area contributed by atoms with E-state index in [-0.39, 0.29) is 5.56 Å². The molecular formula is C41H30N2O. The smallest absolute Gasteiger partial charge is 0.281 e. The number of benzene rings is 6. The fraction of sp³-hybridized carbons (Fsp3) is 0. The Hall–Kier alpha value is -5.93. The molecule has 7 aromatic rings. The van der Waals surface area contributed by atoms with Crippen molar-refractivity contribution in [1.82, 2.24) is 9.13 Å². The average Bonchev–Trinajstić information content (AvgIpc) is 3.39. The van der Waals surface area contributed by atoms with Crippen LogP contribution in [0.2, 0.25) is 0 Å². The summed E-state index contributed by atoms with van der Waals surface area (Å²) in [5.41, 5.74) is 8.20. The molecule has 0 spiro atoms. The first-order chi connectivity index (χ1) is 21.8. The third-order valence-corrected chi connectivity index (χ3v) is 7.79. The van der Waals surface area contributed by atoms with Gasteiger partial charge in [0, 0.05) is 16.8 Å². The van der Waals surface area contributed by atoms with Crippen molar-refractivity contribution in [3.63, 3.8) is 0 Å². The summed E-state index contributed by atoms with van der Waals surface area (Å²) >= 11 is 0. The predicted octanol–water partition coefficient (Wildman–Crippen LogP) is 7.12. The lowest BCUT2D eigenvalue weighted by Gasteiger charge is -2.15. The van der Waals surface area contributed by atoms with Gasteiger partial charge < -0.3 is 0 Å². The van der Waals surface area contributed by atoms with Crippen molar-refractivity contribution in [2.24, 2.45) is 0 Å². The second-order valence-electron chi connectivity index (χ2n) is 10.5. The van der Waals surface area contributed by atoms with E-state index in [1.807, 2.05) is 126 Å². The monoisotopic (exact) mass is 566 g/mol. The molecule has 0 aliphatic carbocycles. The first-order valence-corrected chi connectivity index (χ1v) is 14.8. The zero-order chi connectivity index (χ0) is 29.7. The molecule has 0 amide bonds. The number of para-hydroxylation sites is 2. The summed E-state index contributed by atoms with van der Waals surface area (Å²) in [6.07, 6.45) is 0. The Balaban J connectivity index is 1.85. The van der Waals surface area contributed by atoms with Gasteiger partial charge in [-0.05, 0) is 46.5 Å². The largest absolute Gasteiger partial charge is 0.290 e. The van der Waals surface area contributed by atoms with Crippen LogP contribution < -0.4 is 16.4 Å². The van der Waals surface area contributed by atoms with Crippen LogP contribution in [0.15, 0.2) is 187 Å². The van der Waals surface area contributed by atoms with E-state index in [1.165, 1.54) is 0 Å². The van der Waals surface area contributed by atoms with E-state index < -0.39 is 0 Å². The van der Waals surface area contributed by atoms with Crippen LogP contribution in [-0.4, -0.2) is 9.13 Å². The van der Waals surface area contributed by atoms with Gasteiger partial charge in [-0.1, -0.05) is 158 Å². The molecule has 3 heteroatoms. The zero-order valence-electron chi connectivity index (χ0n) is 24.1. The van der Waals surface area contributed by atoms with Gasteiger partial charge in [0.1, 0.15) is 10.8 Å². The van der Waals surface area contributed by atoms with Crippen LogP contribution in [0, 0.1) is 0 Å². The fourth-order valence-corrected chi connectivity index (χ4v) is 5.88. The predicted molar refractivity (Wildman–Crippen MR) is 180 cm³/mol. The van der Waals surface area contributed by atoms with E-state index in [9.17, 15) is 0 Å². The number of aromatic nitrogens is 2. The van der Waals surface area contributed by atoms with Crippen LogP contribution in [-0.2, 0) is 0 Å². The Morgan fingerprint density at radius 3 is 1.00 bits per heavy atom. The molecule has 0 aliphatic heterocycles. The molecule has 210 valence electrons. The molecular weight excluding hydrogens is 536 g/mol. The van der Waals surface area contributed by atoms with Gasteiger partial charge in [0.05, 0.1) is 5.69 Å². The summed E-state index contributed by atoms with van der Waals surface area (Å²) in [7, 11) is 0. The molecule has 0 N–H and O–H groups in total. The number of hydrogen-bond donors (Lipinski definition) is 0. The molecule has 0 atom stereocenters. The van der Waals surface area contributed by atoms with E-state index in [0.717, 1.165) is 50.3 Å². The number of hydrogen-bond acceptors (Lipinski definition) is 1. The van der Waals surface area contributed by atoms with E-state index in [1.54, 1.807) is 0 Å². The highest BCUT2D eigenvalue weighted by Crippen LogP contribution is 2.23. The molecule has 0 aliphatic rings. The molecule has 3 nitrogen and oxygen atoms in total. The van der Waals surface area contributed by atoms with Gasteiger partial charge in [0.2, 0.25) is 0 Å². The Kier molecular flexibility index (Phi) is 7.42. The minimum atomic E-state index is -0.0953. The summed E-state index contributed by atoms with van der Waals surface area (Å²) < 4.78 is 4.03. The molecule has 1 aromatic heterocycles. The summed E-state index contributed by atoms with van der Waals surface area (Å²) in [4.78, 5) is 15.2. The average molecular weight is 567 g/mol. The molecule has 44 heavy (non-hydrogen) atoms. The first-order valence-electron chi connectivity index (χ1n) is 14.8. The number of imidazole rings is 1. The minimum absolute atomic E-state index is 0.0953. The highest BCUT2D eigenvalue weighted by atomic mass is 16.1. The van der Waals surface area contributed by atoms with Crippen LogP contribution >= 0.6 is 0 Å². The topological polar surface area (TPSA) is 26.9 Å². The van der Waals surface area contributed by atoms with E-state index in [4.69, 9.17) is 0 Å². The van der Waals surface area contributed by atoms with Crippen molar-refractivity contribution in [1.29, 1.82) is 0 Å². The third-order valence-electron chi connectivity index (χ3n) is 7.79.